The minimum absolute atomic E-state index is 0.0337. The summed E-state index contributed by atoms with van der Waals surface area (Å²) in [5.74, 6) is -0.498. The van der Waals surface area contributed by atoms with Crippen LogP contribution in [0.1, 0.15) is 23.2 Å². The van der Waals surface area contributed by atoms with Crippen molar-refractivity contribution in [2.45, 2.75) is 19.0 Å². The Balaban J connectivity index is 1.74. The van der Waals surface area contributed by atoms with Crippen LogP contribution in [0.4, 0.5) is 13.2 Å². The second-order valence-corrected chi connectivity index (χ2v) is 7.35. The van der Waals surface area contributed by atoms with E-state index in [4.69, 9.17) is 9.47 Å². The minimum atomic E-state index is -4.44. The van der Waals surface area contributed by atoms with Gasteiger partial charge in [0, 0.05) is 36.4 Å². The van der Waals surface area contributed by atoms with E-state index in [1.165, 1.54) is 14.2 Å². The van der Waals surface area contributed by atoms with E-state index in [1.807, 2.05) is 19.3 Å². The Labute approximate surface area is 186 Å². The Morgan fingerprint density at radius 3 is 2.21 bits per heavy atom. The fourth-order valence-corrected chi connectivity index (χ4v) is 3.52. The number of carbonyl (C=O) groups is 1. The number of aromatic nitrogens is 5. The van der Waals surface area contributed by atoms with Crippen molar-refractivity contribution in [2.75, 3.05) is 14.2 Å². The van der Waals surface area contributed by atoms with Crippen LogP contribution in [0, 0.1) is 0 Å². The fourth-order valence-electron chi connectivity index (χ4n) is 3.52. The highest BCUT2D eigenvalue weighted by Crippen LogP contribution is 2.37. The number of benzene rings is 1. The summed E-state index contributed by atoms with van der Waals surface area (Å²) >= 11 is 0. The van der Waals surface area contributed by atoms with Gasteiger partial charge < -0.3 is 9.47 Å². The summed E-state index contributed by atoms with van der Waals surface area (Å²) < 4.78 is 51.7. The fraction of sp³-hybridized carbons (Fsp3) is 0.273. The Bertz CT molecular complexity index is 1300. The summed E-state index contributed by atoms with van der Waals surface area (Å²) in [4.78, 5) is 17.0. The topological polar surface area (TPSA) is 83.5 Å². The molecule has 0 aliphatic carbocycles. The molecule has 33 heavy (non-hydrogen) atoms. The zero-order valence-corrected chi connectivity index (χ0v) is 18.1. The van der Waals surface area contributed by atoms with Gasteiger partial charge in [0.1, 0.15) is 17.1 Å². The van der Waals surface area contributed by atoms with Gasteiger partial charge in [0.15, 0.2) is 11.4 Å². The number of hydrogen-bond donors (Lipinski definition) is 0. The number of alkyl halides is 3. The maximum atomic E-state index is 12.6. The predicted octanol–water partition coefficient (Wildman–Crippen LogP) is 4.34. The standard InChI is InChI=1S/C22H20F3N5O3/c1-29-12-15(10-27-29)14-8-20-26-11-16(30(20)28-9-14)13-6-18(32-2)21(19(7-13)33-3)17(31)4-5-22(23,24)25/h6-12H,4-5H2,1-3H3. The van der Waals surface area contributed by atoms with Gasteiger partial charge in [0.2, 0.25) is 0 Å². The lowest BCUT2D eigenvalue weighted by atomic mass is 10.0. The number of nitrogens with zero attached hydrogens (tertiary/aromatic N) is 5. The van der Waals surface area contributed by atoms with E-state index < -0.39 is 24.8 Å². The van der Waals surface area contributed by atoms with E-state index in [1.54, 1.807) is 39.9 Å². The molecule has 0 aliphatic rings. The number of rotatable bonds is 7. The summed E-state index contributed by atoms with van der Waals surface area (Å²) in [5.41, 5.74) is 3.44. The van der Waals surface area contributed by atoms with Crippen LogP contribution in [0.15, 0.2) is 43.0 Å². The number of ether oxygens (including phenoxy) is 2. The maximum absolute atomic E-state index is 12.6. The lowest BCUT2D eigenvalue weighted by Crippen LogP contribution is -2.12. The van der Waals surface area contributed by atoms with Crippen LogP contribution in [-0.2, 0) is 7.05 Å². The van der Waals surface area contributed by atoms with E-state index in [9.17, 15) is 18.0 Å². The number of carbonyl (C=O) groups excluding carboxylic acids is 1. The molecule has 0 unspecified atom stereocenters. The van der Waals surface area contributed by atoms with Gasteiger partial charge in [-0.1, -0.05) is 0 Å². The molecule has 0 amide bonds. The molecule has 0 saturated carbocycles. The summed E-state index contributed by atoms with van der Waals surface area (Å²) in [6.45, 7) is 0. The highest BCUT2D eigenvalue weighted by Gasteiger charge is 2.30. The monoisotopic (exact) mass is 459 g/mol. The van der Waals surface area contributed by atoms with Crippen LogP contribution in [0.25, 0.3) is 28.0 Å². The van der Waals surface area contributed by atoms with Crippen molar-refractivity contribution in [3.05, 3.63) is 48.5 Å². The van der Waals surface area contributed by atoms with Crippen molar-refractivity contribution in [1.82, 2.24) is 24.4 Å². The molecule has 4 aromatic rings. The summed E-state index contributed by atoms with van der Waals surface area (Å²) in [5, 5.41) is 8.63. The number of ketones is 1. The molecule has 0 fully saturated rings. The lowest BCUT2D eigenvalue weighted by molar-refractivity contribution is -0.133. The molecule has 4 rings (SSSR count). The average Bonchev–Trinajstić information content (AvgIpc) is 3.41. The predicted molar refractivity (Wildman–Crippen MR) is 113 cm³/mol. The van der Waals surface area contributed by atoms with Crippen LogP contribution in [-0.4, -0.2) is 50.6 Å². The largest absolute Gasteiger partial charge is 0.496 e. The third-order valence-corrected chi connectivity index (χ3v) is 5.12. The first-order chi connectivity index (χ1) is 15.7. The smallest absolute Gasteiger partial charge is 0.389 e. The zero-order chi connectivity index (χ0) is 23.8. The second kappa shape index (κ2) is 8.57. The first-order valence-corrected chi connectivity index (χ1v) is 9.89. The highest BCUT2D eigenvalue weighted by atomic mass is 19.4. The Hall–Kier alpha value is -3.89. The quantitative estimate of drug-likeness (QED) is 0.383. The van der Waals surface area contributed by atoms with Gasteiger partial charge in [0.05, 0.1) is 44.9 Å². The second-order valence-electron chi connectivity index (χ2n) is 7.35. The van der Waals surface area contributed by atoms with Crippen molar-refractivity contribution < 1.29 is 27.4 Å². The van der Waals surface area contributed by atoms with Gasteiger partial charge in [-0.2, -0.15) is 23.4 Å². The third kappa shape index (κ3) is 4.52. The molecule has 0 saturated heterocycles. The van der Waals surface area contributed by atoms with Crippen molar-refractivity contribution in [2.24, 2.45) is 7.05 Å². The number of hydrogen-bond acceptors (Lipinski definition) is 6. The van der Waals surface area contributed by atoms with Gasteiger partial charge in [-0.3, -0.25) is 9.48 Å². The third-order valence-electron chi connectivity index (χ3n) is 5.12. The van der Waals surface area contributed by atoms with Crippen molar-refractivity contribution in [3.8, 4) is 33.9 Å². The van der Waals surface area contributed by atoms with E-state index in [0.717, 1.165) is 11.1 Å². The molecule has 0 N–H and O–H groups in total. The van der Waals surface area contributed by atoms with E-state index >= 15 is 0 Å². The molecule has 3 aromatic heterocycles. The number of methoxy groups -OCH3 is 2. The van der Waals surface area contributed by atoms with Gasteiger partial charge in [-0.05, 0) is 18.2 Å². The number of imidazole rings is 1. The normalized spacial score (nSPS) is 11.7. The molecule has 0 bridgehead atoms. The van der Waals surface area contributed by atoms with E-state index in [2.05, 4.69) is 15.2 Å². The van der Waals surface area contributed by atoms with Crippen molar-refractivity contribution in [3.63, 3.8) is 0 Å². The van der Waals surface area contributed by atoms with E-state index in [-0.39, 0.29) is 17.1 Å². The van der Waals surface area contributed by atoms with Gasteiger partial charge >= 0.3 is 6.18 Å². The van der Waals surface area contributed by atoms with Gasteiger partial charge in [0.25, 0.3) is 0 Å². The van der Waals surface area contributed by atoms with Crippen LogP contribution in [0.5, 0.6) is 11.5 Å². The average molecular weight is 459 g/mol. The Kier molecular flexibility index (Phi) is 5.79. The Morgan fingerprint density at radius 1 is 0.970 bits per heavy atom. The molecule has 0 aliphatic heterocycles. The zero-order valence-electron chi connectivity index (χ0n) is 18.1. The van der Waals surface area contributed by atoms with Crippen LogP contribution >= 0.6 is 0 Å². The first-order valence-electron chi connectivity index (χ1n) is 9.89. The molecule has 8 nitrogen and oxygen atoms in total. The molecule has 0 spiro atoms. The van der Waals surface area contributed by atoms with Gasteiger partial charge in [-0.15, -0.1) is 0 Å². The van der Waals surface area contributed by atoms with E-state index in [0.29, 0.717) is 16.9 Å². The Morgan fingerprint density at radius 2 is 1.64 bits per heavy atom. The summed E-state index contributed by atoms with van der Waals surface area (Å²) in [6.07, 6.45) is 0.504. The van der Waals surface area contributed by atoms with Crippen LogP contribution in [0.2, 0.25) is 0 Å². The minimum Gasteiger partial charge on any atom is -0.496 e. The van der Waals surface area contributed by atoms with Crippen molar-refractivity contribution in [1.29, 1.82) is 0 Å². The molecule has 0 radical (unpaired) electrons. The lowest BCUT2D eigenvalue weighted by Gasteiger charge is -2.15. The van der Waals surface area contributed by atoms with Crippen molar-refractivity contribution >= 4 is 11.4 Å². The summed E-state index contributed by atoms with van der Waals surface area (Å²) in [6, 6.07) is 4.98. The highest BCUT2D eigenvalue weighted by molar-refractivity contribution is 6.02. The van der Waals surface area contributed by atoms with Gasteiger partial charge in [-0.25, -0.2) is 9.50 Å². The molecule has 1 aromatic carbocycles. The molecular weight excluding hydrogens is 439 g/mol. The number of halogens is 3. The molecular formula is C22H20F3N5O3. The maximum Gasteiger partial charge on any atom is 0.389 e. The SMILES string of the molecule is COc1cc(-c2cnc3cc(-c4cnn(C)c4)cnn23)cc(OC)c1C(=O)CCC(F)(F)F. The van der Waals surface area contributed by atoms with Crippen LogP contribution < -0.4 is 9.47 Å². The first kappa shape index (κ1) is 22.3. The molecule has 3 heterocycles. The number of fused-ring (bicyclic) bond motifs is 1. The number of aryl methyl sites for hydroxylation is 1. The number of Topliss-reactive ketones (excluding diaryl/α,β-unsaturated/α-hetero) is 1. The summed E-state index contributed by atoms with van der Waals surface area (Å²) in [7, 11) is 4.50. The van der Waals surface area contributed by atoms with Crippen LogP contribution in [0.3, 0.4) is 0 Å². The molecule has 0 atom stereocenters. The molecule has 11 heteroatoms. The molecule has 172 valence electrons.